The first kappa shape index (κ1) is 72.8. The molecular weight excluding hydrogens is 977 g/mol. The molecule has 8 atom stereocenters. The average molecular weight is 1070 g/mol. The second kappa shape index (κ2) is 38.3. The number of unbranched alkanes of at least 4 members (excludes halogenated alkanes) is 5. The third-order valence-electron chi connectivity index (χ3n) is 12.1. The molecule has 20 nitrogen and oxygen atoms in total. The van der Waals surface area contributed by atoms with E-state index in [9.17, 15) is 58.2 Å². The number of carbonyl (C=O) groups is 10. The third kappa shape index (κ3) is 31.1. The number of carboxylic acids is 2. The van der Waals surface area contributed by atoms with Gasteiger partial charge in [0.15, 0.2) is 0 Å². The first-order chi connectivity index (χ1) is 33.6. The summed E-state index contributed by atoms with van der Waals surface area (Å²) in [6.07, 6.45) is 3.31. The van der Waals surface area contributed by atoms with Crippen LogP contribution in [-0.2, 0) is 52.7 Å². The maximum Gasteiger partial charge on any atom is 1.00 e. The molecule has 0 aromatic rings. The van der Waals surface area contributed by atoms with E-state index >= 15 is 0 Å². The van der Waals surface area contributed by atoms with Gasteiger partial charge in [0, 0.05) is 18.4 Å². The second-order valence-corrected chi connectivity index (χ2v) is 22.0. The van der Waals surface area contributed by atoms with Crippen molar-refractivity contribution >= 4 is 59.3 Å². The number of aliphatic carboxylic acids is 2. The predicted molar refractivity (Wildman–Crippen MR) is 266 cm³/mol. The van der Waals surface area contributed by atoms with E-state index in [1.54, 1.807) is 55.4 Å². The molecule has 7 N–H and O–H groups in total. The quantitative estimate of drug-likeness (QED) is 0.0292. The number of carbonyl (C=O) groups excluding carboxylic acids is 10. The van der Waals surface area contributed by atoms with Gasteiger partial charge in [-0.2, -0.15) is 0 Å². The topological polar surface area (TPSA) is 310 Å². The Kier molecular flexibility index (Phi) is 37.6. The first-order valence-corrected chi connectivity index (χ1v) is 26.3. The number of rotatable bonds is 23. The molecule has 0 radical (unpaired) electrons. The summed E-state index contributed by atoms with van der Waals surface area (Å²) in [4.78, 5) is 136. The fraction of sp³-hybridized carbons (Fsp3) is 0.808. The minimum Gasteiger partial charge on any atom is -0.550 e. The zero-order valence-electron chi connectivity index (χ0n) is 47.2. The smallest absolute Gasteiger partial charge is 0.550 e. The Morgan fingerprint density at radius 1 is 0.459 bits per heavy atom. The third-order valence-corrected chi connectivity index (χ3v) is 12.1. The molecule has 1 heterocycles. The molecule has 0 aliphatic carbocycles. The molecule has 0 aromatic heterocycles. The summed E-state index contributed by atoms with van der Waals surface area (Å²) >= 11 is 0. The van der Waals surface area contributed by atoms with Gasteiger partial charge in [-0.3, -0.25) is 33.6 Å². The van der Waals surface area contributed by atoms with Gasteiger partial charge in [-0.15, -0.1) is 0 Å². The van der Waals surface area contributed by atoms with Crippen molar-refractivity contribution in [1.82, 2.24) is 37.2 Å². The van der Waals surface area contributed by atoms with Gasteiger partial charge < -0.3 is 61.8 Å². The molecule has 0 aromatic carbocycles. The molecule has 1 aliphatic heterocycles. The molecule has 0 saturated carbocycles. The van der Waals surface area contributed by atoms with Gasteiger partial charge in [0.1, 0.15) is 48.4 Å². The van der Waals surface area contributed by atoms with Crippen LogP contribution in [0.15, 0.2) is 0 Å². The minimum absolute atomic E-state index is 0. The van der Waals surface area contributed by atoms with Crippen LogP contribution in [-0.4, -0.2) is 108 Å². The molecule has 22 heteroatoms. The van der Waals surface area contributed by atoms with Gasteiger partial charge in [0.25, 0.3) is 0 Å². The van der Waals surface area contributed by atoms with E-state index in [4.69, 9.17) is 4.74 Å². The Morgan fingerprint density at radius 2 is 0.851 bits per heavy atom. The molecule has 412 valence electrons. The number of cyclic esters (lactones) is 1. The van der Waals surface area contributed by atoms with Gasteiger partial charge >= 0.3 is 65.1 Å². The summed E-state index contributed by atoms with van der Waals surface area (Å²) in [5, 5.41) is 41.9. The molecule has 1 aliphatic rings. The molecule has 0 bridgehead atoms. The van der Waals surface area contributed by atoms with E-state index < -0.39 is 139 Å². The van der Waals surface area contributed by atoms with Gasteiger partial charge in [-0.1, -0.05) is 122 Å². The number of ether oxygens (including phenoxy) is 1. The summed E-state index contributed by atoms with van der Waals surface area (Å²) < 4.78 is 6.01. The molecule has 1 fully saturated rings. The maximum absolute atomic E-state index is 14.2. The summed E-state index contributed by atoms with van der Waals surface area (Å²) in [6, 6.07) is -9.86. The van der Waals surface area contributed by atoms with Crippen molar-refractivity contribution in [2.45, 2.75) is 234 Å². The second-order valence-electron chi connectivity index (χ2n) is 22.0. The van der Waals surface area contributed by atoms with Crippen molar-refractivity contribution in [3.05, 3.63) is 0 Å². The van der Waals surface area contributed by atoms with E-state index in [1.165, 1.54) is 0 Å². The van der Waals surface area contributed by atoms with Crippen molar-refractivity contribution < 1.29 is 122 Å². The summed E-state index contributed by atoms with van der Waals surface area (Å²) in [5.41, 5.74) is 0. The van der Waals surface area contributed by atoms with E-state index in [-0.39, 0.29) is 115 Å². The van der Waals surface area contributed by atoms with Crippen LogP contribution in [0.5, 0.6) is 0 Å². The standard InChI is InChI=1S/C52H91N7O13.2Na/c1-29(2)19-17-15-13-14-16-18-20-35-27-42(60)53-36(21-22-43(61)62)46(65)54-37(23-30(3)4)47(66)56-39(25-32(7)8)50(69)59-45(34(11)12)51(70)57-40(28-44(63)64)49(68)55-38(24-31(5)6)48(67)58-41(26-33(9)10)52(71)72-35;;/h29-41,45H,13-28H2,1-12H3,(H,53,60)(H,54,65)(H,55,68)(H,56,66)(H,57,70)(H,58,67)(H,59,69)(H,61,62)(H,63,64);;/q;2*+1/p-2/t35-,36+,37+,38-,39-,40+,41+,45+;;/m1../s1. The predicted octanol–water partition coefficient (Wildman–Crippen LogP) is -4.01. The van der Waals surface area contributed by atoms with Gasteiger partial charge in [0.05, 0.1) is 6.42 Å². The monoisotopic (exact) mass is 1070 g/mol. The number of hydrogen-bond acceptors (Lipinski definition) is 13. The van der Waals surface area contributed by atoms with Crippen LogP contribution >= 0.6 is 0 Å². The van der Waals surface area contributed by atoms with Crippen LogP contribution in [0.1, 0.15) is 186 Å². The first-order valence-electron chi connectivity index (χ1n) is 26.3. The van der Waals surface area contributed by atoms with Crippen LogP contribution in [0, 0.1) is 35.5 Å². The van der Waals surface area contributed by atoms with E-state index in [1.807, 2.05) is 13.8 Å². The number of nitrogens with one attached hydrogen (secondary N) is 7. The van der Waals surface area contributed by atoms with Crippen LogP contribution in [0.2, 0.25) is 0 Å². The number of hydrogen-bond donors (Lipinski definition) is 7. The molecule has 1 saturated heterocycles. The Bertz CT molecular complexity index is 1800. The fourth-order valence-electron chi connectivity index (χ4n) is 8.38. The summed E-state index contributed by atoms with van der Waals surface area (Å²) in [5.74, 6) is -11.0. The molecule has 1 rings (SSSR count). The van der Waals surface area contributed by atoms with Crippen molar-refractivity contribution in [1.29, 1.82) is 0 Å². The zero-order valence-corrected chi connectivity index (χ0v) is 51.2. The molecule has 0 spiro atoms. The molecule has 7 amide bonds. The Balaban J connectivity index is 0. The van der Waals surface area contributed by atoms with Gasteiger partial charge in [-0.25, -0.2) is 4.79 Å². The van der Waals surface area contributed by atoms with Crippen molar-refractivity contribution in [3.63, 3.8) is 0 Å². The molecule has 0 unspecified atom stereocenters. The fourth-order valence-corrected chi connectivity index (χ4v) is 8.38. The van der Waals surface area contributed by atoms with Gasteiger partial charge in [0.2, 0.25) is 41.4 Å². The summed E-state index contributed by atoms with van der Waals surface area (Å²) in [6.45, 7) is 21.9. The van der Waals surface area contributed by atoms with Crippen LogP contribution < -0.4 is 107 Å². The Hall–Kier alpha value is -3.30. The normalized spacial score (nSPS) is 23.5. The summed E-state index contributed by atoms with van der Waals surface area (Å²) in [7, 11) is 0. The van der Waals surface area contributed by atoms with E-state index in [0.717, 1.165) is 38.5 Å². The average Bonchev–Trinajstić information content (AvgIpc) is 3.24. The van der Waals surface area contributed by atoms with Crippen LogP contribution in [0.25, 0.3) is 0 Å². The molecular formula is C52H89N7Na2O13. The SMILES string of the molecule is CC(C)CCCCCCCC[C@@H]1CC(=O)N[C@@H](CCC(=O)[O-])C(=O)N[C@@H](CC(C)C)C(=O)N[C@H](CC(C)C)C(=O)N[C@@H](C(C)C)C(=O)N[C@@H](CC(=O)[O-])C(=O)N[C@H](CC(C)C)C(=O)N[C@@H](CC(C)C)C(=O)O1.[Na+].[Na+]. The molecule has 74 heavy (non-hydrogen) atoms. The number of carboxylic acid groups (broad SMARTS) is 2. The minimum atomic E-state index is -1.79. The maximum atomic E-state index is 14.2. The Labute approximate surface area is 484 Å². The van der Waals surface area contributed by atoms with Gasteiger partial charge in [-0.05, 0) is 86.9 Å². The Morgan fingerprint density at radius 3 is 1.28 bits per heavy atom. The van der Waals surface area contributed by atoms with E-state index in [0.29, 0.717) is 12.3 Å². The van der Waals surface area contributed by atoms with Crippen molar-refractivity contribution in [3.8, 4) is 0 Å². The number of amides is 7. The van der Waals surface area contributed by atoms with Crippen molar-refractivity contribution in [2.75, 3.05) is 0 Å². The largest absolute Gasteiger partial charge is 1.00 e. The van der Waals surface area contributed by atoms with Crippen molar-refractivity contribution in [2.24, 2.45) is 35.5 Å². The van der Waals surface area contributed by atoms with Crippen LogP contribution in [0.4, 0.5) is 0 Å². The van der Waals surface area contributed by atoms with E-state index in [2.05, 4.69) is 51.1 Å². The zero-order chi connectivity index (χ0) is 54.8. The van der Waals surface area contributed by atoms with Crippen LogP contribution in [0.3, 0.4) is 0 Å². The number of esters is 1.